The highest BCUT2D eigenvalue weighted by Gasteiger charge is 1.96. The Bertz CT molecular complexity index is 129. The summed E-state index contributed by atoms with van der Waals surface area (Å²) in [6.45, 7) is 6.65. The largest absolute Gasteiger partial charge is 0.377 e. The normalized spacial score (nSPS) is 15.0. The van der Waals surface area contributed by atoms with E-state index >= 15 is 0 Å². The zero-order valence-electron chi connectivity index (χ0n) is 9.79. The maximum absolute atomic E-state index is 5.57. The average molecular weight is 275 g/mol. The van der Waals surface area contributed by atoms with Gasteiger partial charge in [-0.25, -0.2) is 0 Å². The number of hydrogen-bond donors (Lipinski definition) is 0. The van der Waals surface area contributed by atoms with Crippen LogP contribution in [0, 0.1) is 0 Å². The van der Waals surface area contributed by atoms with Crippen molar-refractivity contribution in [2.45, 2.75) is 25.0 Å². The van der Waals surface area contributed by atoms with E-state index < -0.39 is 0 Å². The predicted molar refractivity (Wildman–Crippen MR) is 64.2 cm³/mol. The average Bonchev–Trinajstić information content (AvgIpc) is 2.20. The van der Waals surface area contributed by atoms with E-state index in [-0.39, 0.29) is 11.1 Å². The fraction of sp³-hybridized carbons (Fsp3) is 1.00. The Morgan fingerprint density at radius 1 is 0.688 bits per heavy atom. The van der Waals surface area contributed by atoms with E-state index in [1.807, 2.05) is 0 Å². The molecule has 0 aliphatic carbocycles. The van der Waals surface area contributed by atoms with Gasteiger partial charge in [-0.2, -0.15) is 0 Å². The summed E-state index contributed by atoms with van der Waals surface area (Å²) in [5.74, 6) is 0. The minimum Gasteiger partial charge on any atom is -0.377 e. The Morgan fingerprint density at radius 3 is 1.31 bits per heavy atom. The molecule has 0 spiro atoms. The van der Waals surface area contributed by atoms with Gasteiger partial charge in [0.05, 0.1) is 39.6 Å². The Morgan fingerprint density at radius 2 is 1.00 bits per heavy atom. The molecular formula is C10H20Cl2O4. The van der Waals surface area contributed by atoms with E-state index in [9.17, 15) is 0 Å². The van der Waals surface area contributed by atoms with Gasteiger partial charge in [-0.05, 0) is 13.8 Å². The molecule has 0 radical (unpaired) electrons. The van der Waals surface area contributed by atoms with E-state index in [2.05, 4.69) is 0 Å². The number of hydrogen-bond acceptors (Lipinski definition) is 4. The first kappa shape index (κ1) is 16.4. The molecule has 0 aromatic carbocycles. The lowest BCUT2D eigenvalue weighted by Gasteiger charge is -2.08. The van der Waals surface area contributed by atoms with Gasteiger partial charge >= 0.3 is 0 Å². The molecule has 16 heavy (non-hydrogen) atoms. The molecule has 0 aromatic heterocycles. The Hall–Kier alpha value is 0.420. The molecule has 2 unspecified atom stereocenters. The molecular weight excluding hydrogens is 255 g/mol. The van der Waals surface area contributed by atoms with Crippen molar-refractivity contribution in [1.82, 2.24) is 0 Å². The summed E-state index contributed by atoms with van der Waals surface area (Å²) in [4.78, 5) is 0. The highest BCUT2D eigenvalue weighted by Crippen LogP contribution is 1.95. The van der Waals surface area contributed by atoms with Crippen molar-refractivity contribution in [3.63, 3.8) is 0 Å². The molecule has 98 valence electrons. The van der Waals surface area contributed by atoms with E-state index in [4.69, 9.17) is 42.1 Å². The van der Waals surface area contributed by atoms with Crippen LogP contribution in [0.4, 0.5) is 0 Å². The molecule has 0 aliphatic heterocycles. The standard InChI is InChI=1S/C10H20Cl2O4/c1-9(11)15-7-5-13-3-4-14-6-8-16-10(2)12/h9-10H,3-8H2,1-2H3. The summed E-state index contributed by atoms with van der Waals surface area (Å²) in [5.41, 5.74) is -0.538. The van der Waals surface area contributed by atoms with Crippen molar-refractivity contribution in [1.29, 1.82) is 0 Å². The van der Waals surface area contributed by atoms with Gasteiger partial charge in [-0.1, -0.05) is 23.2 Å². The third-order valence-electron chi connectivity index (χ3n) is 1.52. The SMILES string of the molecule is CC(Cl)OCCOCCOCCOC(C)Cl. The van der Waals surface area contributed by atoms with Crippen LogP contribution in [0.15, 0.2) is 0 Å². The first-order valence-electron chi connectivity index (χ1n) is 5.29. The van der Waals surface area contributed by atoms with Gasteiger partial charge in [0.2, 0.25) is 0 Å². The fourth-order valence-corrected chi connectivity index (χ4v) is 1.04. The summed E-state index contributed by atoms with van der Waals surface area (Å²) in [6, 6.07) is 0. The molecule has 0 N–H and O–H groups in total. The zero-order chi connectivity index (χ0) is 12.2. The lowest BCUT2D eigenvalue weighted by atomic mass is 10.7. The minimum absolute atomic E-state index is 0.269. The quantitative estimate of drug-likeness (QED) is 0.428. The van der Waals surface area contributed by atoms with Crippen molar-refractivity contribution in [2.75, 3.05) is 39.6 Å². The van der Waals surface area contributed by atoms with Crippen LogP contribution in [-0.4, -0.2) is 50.8 Å². The maximum Gasteiger partial charge on any atom is 0.128 e. The van der Waals surface area contributed by atoms with E-state index in [0.717, 1.165) is 0 Å². The van der Waals surface area contributed by atoms with E-state index in [0.29, 0.717) is 39.6 Å². The van der Waals surface area contributed by atoms with Crippen molar-refractivity contribution < 1.29 is 18.9 Å². The van der Waals surface area contributed by atoms with Crippen LogP contribution in [-0.2, 0) is 18.9 Å². The first-order valence-corrected chi connectivity index (χ1v) is 6.17. The van der Waals surface area contributed by atoms with Crippen molar-refractivity contribution in [3.8, 4) is 0 Å². The number of rotatable bonds is 11. The maximum atomic E-state index is 5.57. The summed E-state index contributed by atoms with van der Waals surface area (Å²) in [6.07, 6.45) is 0. The molecule has 0 rings (SSSR count). The van der Waals surface area contributed by atoms with Crippen molar-refractivity contribution in [3.05, 3.63) is 0 Å². The molecule has 0 amide bonds. The minimum atomic E-state index is -0.269. The van der Waals surface area contributed by atoms with Crippen LogP contribution >= 0.6 is 23.2 Å². The van der Waals surface area contributed by atoms with Crippen LogP contribution in [0.2, 0.25) is 0 Å². The summed E-state index contributed by atoms with van der Waals surface area (Å²) >= 11 is 11.1. The van der Waals surface area contributed by atoms with Crippen LogP contribution in [0.3, 0.4) is 0 Å². The van der Waals surface area contributed by atoms with Gasteiger partial charge in [0.15, 0.2) is 0 Å². The number of ether oxygens (including phenoxy) is 4. The van der Waals surface area contributed by atoms with Crippen LogP contribution < -0.4 is 0 Å². The number of alkyl halides is 2. The van der Waals surface area contributed by atoms with E-state index in [1.54, 1.807) is 13.8 Å². The van der Waals surface area contributed by atoms with Crippen LogP contribution in [0.5, 0.6) is 0 Å². The highest BCUT2D eigenvalue weighted by atomic mass is 35.5. The van der Waals surface area contributed by atoms with Crippen LogP contribution in [0.25, 0.3) is 0 Å². The predicted octanol–water partition coefficient (Wildman–Crippen LogP) is 2.22. The second-order valence-electron chi connectivity index (χ2n) is 3.05. The van der Waals surface area contributed by atoms with Crippen molar-refractivity contribution in [2.24, 2.45) is 0 Å². The number of halogens is 2. The third kappa shape index (κ3) is 14.4. The first-order chi connectivity index (χ1) is 7.63. The second-order valence-corrected chi connectivity index (χ2v) is 4.28. The molecule has 0 aliphatic rings. The molecule has 0 heterocycles. The van der Waals surface area contributed by atoms with Gasteiger partial charge in [0.25, 0.3) is 0 Å². The smallest absolute Gasteiger partial charge is 0.128 e. The molecule has 0 bridgehead atoms. The van der Waals surface area contributed by atoms with Gasteiger partial charge < -0.3 is 18.9 Å². The fourth-order valence-electron chi connectivity index (χ4n) is 0.861. The van der Waals surface area contributed by atoms with Gasteiger partial charge in [0, 0.05) is 0 Å². The zero-order valence-corrected chi connectivity index (χ0v) is 11.3. The van der Waals surface area contributed by atoms with E-state index in [1.165, 1.54) is 0 Å². The Labute approximate surface area is 107 Å². The highest BCUT2D eigenvalue weighted by molar-refractivity contribution is 6.19. The lowest BCUT2D eigenvalue weighted by molar-refractivity contribution is -0.00628. The Balaban J connectivity index is 2.93. The summed E-state index contributed by atoms with van der Waals surface area (Å²) in [7, 11) is 0. The van der Waals surface area contributed by atoms with Crippen LogP contribution in [0.1, 0.15) is 13.8 Å². The Kier molecular flexibility index (Phi) is 12.2. The van der Waals surface area contributed by atoms with Crippen molar-refractivity contribution >= 4 is 23.2 Å². The topological polar surface area (TPSA) is 36.9 Å². The molecule has 4 nitrogen and oxygen atoms in total. The summed E-state index contributed by atoms with van der Waals surface area (Å²) < 4.78 is 20.6. The monoisotopic (exact) mass is 274 g/mol. The van der Waals surface area contributed by atoms with Gasteiger partial charge in [-0.3, -0.25) is 0 Å². The molecule has 0 aromatic rings. The summed E-state index contributed by atoms with van der Waals surface area (Å²) in [5, 5.41) is 0. The lowest BCUT2D eigenvalue weighted by Crippen LogP contribution is -2.13. The molecule has 6 heteroatoms. The molecule has 0 fully saturated rings. The second kappa shape index (κ2) is 11.9. The molecule has 2 atom stereocenters. The van der Waals surface area contributed by atoms with Gasteiger partial charge in [-0.15, -0.1) is 0 Å². The molecule has 0 saturated heterocycles. The molecule has 0 saturated carbocycles. The van der Waals surface area contributed by atoms with Gasteiger partial charge in [0.1, 0.15) is 11.1 Å². The third-order valence-corrected chi connectivity index (χ3v) is 1.77.